The molecule has 1 amide bonds. The van der Waals surface area contributed by atoms with Gasteiger partial charge in [0.15, 0.2) is 0 Å². The number of amides is 1. The first-order valence-electron chi connectivity index (χ1n) is 10.3. The summed E-state index contributed by atoms with van der Waals surface area (Å²) in [6.07, 6.45) is 5.36. The average Bonchev–Trinajstić information content (AvgIpc) is 3.15. The summed E-state index contributed by atoms with van der Waals surface area (Å²) in [6, 6.07) is 8.57. The molecule has 0 radical (unpaired) electrons. The van der Waals surface area contributed by atoms with Crippen LogP contribution >= 0.6 is 0 Å². The van der Waals surface area contributed by atoms with Gasteiger partial charge in [0.1, 0.15) is 0 Å². The molecular weight excluding hydrogens is 352 g/mol. The summed E-state index contributed by atoms with van der Waals surface area (Å²) in [6.45, 7) is 7.71. The highest BCUT2D eigenvalue weighted by Crippen LogP contribution is 2.29. The van der Waals surface area contributed by atoms with Crippen LogP contribution in [0.15, 0.2) is 30.5 Å². The van der Waals surface area contributed by atoms with E-state index in [0.29, 0.717) is 6.54 Å². The number of nitrogens with one attached hydrogen (secondary N) is 2. The number of H-pyrrole nitrogens is 1. The summed E-state index contributed by atoms with van der Waals surface area (Å²) in [5.74, 6) is -0.0126. The first kappa shape index (κ1) is 19.2. The molecule has 2 heterocycles. The average molecular weight is 383 g/mol. The second kappa shape index (κ2) is 8.45. The fourth-order valence-corrected chi connectivity index (χ4v) is 4.47. The van der Waals surface area contributed by atoms with Crippen molar-refractivity contribution in [1.82, 2.24) is 20.4 Å². The maximum atomic E-state index is 12.6. The fourth-order valence-electron chi connectivity index (χ4n) is 4.47. The summed E-state index contributed by atoms with van der Waals surface area (Å²) in [5.41, 5.74) is 4.60. The summed E-state index contributed by atoms with van der Waals surface area (Å²) in [4.78, 5) is 15.1. The Morgan fingerprint density at radius 1 is 1.21 bits per heavy atom. The van der Waals surface area contributed by atoms with Gasteiger partial charge in [0.2, 0.25) is 5.91 Å². The topological polar surface area (TPSA) is 70.2 Å². The number of carbonyl (C=O) groups excluding carboxylic acids is 1. The molecule has 150 valence electrons. The third-order valence-electron chi connectivity index (χ3n) is 5.75. The second-order valence-electron chi connectivity index (χ2n) is 8.24. The van der Waals surface area contributed by atoms with Gasteiger partial charge in [0.05, 0.1) is 30.0 Å². The maximum Gasteiger partial charge on any atom is 0.229 e. The second-order valence-corrected chi connectivity index (χ2v) is 8.24. The van der Waals surface area contributed by atoms with Crippen LogP contribution in [0.4, 0.5) is 0 Å². The van der Waals surface area contributed by atoms with Crippen LogP contribution in [0.5, 0.6) is 0 Å². The number of aromatic amines is 1. The van der Waals surface area contributed by atoms with Gasteiger partial charge in [-0.2, -0.15) is 5.10 Å². The monoisotopic (exact) mass is 382 g/mol. The van der Waals surface area contributed by atoms with E-state index in [1.54, 1.807) is 0 Å². The van der Waals surface area contributed by atoms with Crippen molar-refractivity contribution in [2.24, 2.45) is 0 Å². The Bertz CT molecular complexity index is 791. The van der Waals surface area contributed by atoms with Crippen LogP contribution in [0.3, 0.4) is 0 Å². The molecular formula is C22H30N4O2. The molecule has 1 fully saturated rings. The van der Waals surface area contributed by atoms with Crippen molar-refractivity contribution in [3.63, 3.8) is 0 Å². The molecule has 0 unspecified atom stereocenters. The third-order valence-corrected chi connectivity index (χ3v) is 5.75. The molecule has 1 saturated heterocycles. The maximum absolute atomic E-state index is 12.6. The Labute approximate surface area is 166 Å². The van der Waals surface area contributed by atoms with Crippen LogP contribution in [-0.4, -0.2) is 46.3 Å². The summed E-state index contributed by atoms with van der Waals surface area (Å²) < 4.78 is 5.81. The van der Waals surface area contributed by atoms with Gasteiger partial charge in [-0.25, -0.2) is 0 Å². The van der Waals surface area contributed by atoms with Crippen LogP contribution < -0.4 is 5.32 Å². The smallest absolute Gasteiger partial charge is 0.229 e. The number of rotatable bonds is 5. The van der Waals surface area contributed by atoms with E-state index in [2.05, 4.69) is 58.5 Å². The molecule has 1 aliphatic carbocycles. The van der Waals surface area contributed by atoms with Crippen LogP contribution in [0.2, 0.25) is 0 Å². The molecule has 2 aromatic rings. The van der Waals surface area contributed by atoms with E-state index in [9.17, 15) is 4.79 Å². The van der Waals surface area contributed by atoms with Crippen LogP contribution in [-0.2, 0) is 29.0 Å². The van der Waals surface area contributed by atoms with Gasteiger partial charge >= 0.3 is 0 Å². The summed E-state index contributed by atoms with van der Waals surface area (Å²) >= 11 is 0. The number of fused-ring (bicyclic) bond motifs is 1. The number of nitrogens with zero attached hydrogens (tertiary/aromatic N) is 2. The van der Waals surface area contributed by atoms with E-state index in [0.717, 1.165) is 50.2 Å². The van der Waals surface area contributed by atoms with Crippen molar-refractivity contribution >= 4 is 5.91 Å². The zero-order valence-electron chi connectivity index (χ0n) is 16.8. The zero-order valence-corrected chi connectivity index (χ0v) is 16.8. The van der Waals surface area contributed by atoms with Crippen LogP contribution in [0.25, 0.3) is 0 Å². The molecule has 0 spiro atoms. The van der Waals surface area contributed by atoms with Crippen molar-refractivity contribution in [3.8, 4) is 0 Å². The third kappa shape index (κ3) is 4.45. The van der Waals surface area contributed by atoms with Crippen molar-refractivity contribution in [2.75, 3.05) is 13.1 Å². The number of aromatic nitrogens is 2. The lowest BCUT2D eigenvalue weighted by atomic mass is 9.87. The molecule has 1 aromatic carbocycles. The van der Waals surface area contributed by atoms with Crippen LogP contribution in [0.1, 0.15) is 55.0 Å². The first-order valence-corrected chi connectivity index (χ1v) is 10.3. The lowest BCUT2D eigenvalue weighted by Gasteiger charge is -2.35. The normalized spacial score (nSPS) is 25.3. The molecule has 0 bridgehead atoms. The summed E-state index contributed by atoms with van der Waals surface area (Å²) in [7, 11) is 0. The lowest BCUT2D eigenvalue weighted by Crippen LogP contribution is -2.44. The molecule has 6 nitrogen and oxygen atoms in total. The highest BCUT2D eigenvalue weighted by atomic mass is 16.5. The van der Waals surface area contributed by atoms with Crippen molar-refractivity contribution in [1.29, 1.82) is 0 Å². The number of benzene rings is 1. The molecule has 2 aliphatic rings. The van der Waals surface area contributed by atoms with Gasteiger partial charge in [0, 0.05) is 26.2 Å². The molecule has 0 saturated carbocycles. The van der Waals surface area contributed by atoms with Crippen LogP contribution in [0, 0.1) is 0 Å². The minimum Gasteiger partial charge on any atom is -0.373 e. The van der Waals surface area contributed by atoms with Gasteiger partial charge in [-0.05, 0) is 49.8 Å². The number of ether oxygens (including phenoxy) is 1. The Hall–Kier alpha value is -2.18. The quantitative estimate of drug-likeness (QED) is 0.834. The zero-order chi connectivity index (χ0) is 19.5. The Morgan fingerprint density at radius 2 is 1.93 bits per heavy atom. The number of morpholine rings is 1. The van der Waals surface area contributed by atoms with E-state index in [1.165, 1.54) is 11.1 Å². The molecule has 3 atom stereocenters. The van der Waals surface area contributed by atoms with Gasteiger partial charge in [0.25, 0.3) is 0 Å². The minimum atomic E-state index is -0.101. The molecule has 2 N–H and O–H groups in total. The van der Waals surface area contributed by atoms with E-state index < -0.39 is 0 Å². The van der Waals surface area contributed by atoms with Gasteiger partial charge in [-0.1, -0.05) is 24.3 Å². The first-order chi connectivity index (χ1) is 13.6. The minimum absolute atomic E-state index is 0.0885. The number of aryl methyl sites for hydroxylation is 1. The number of hydrogen-bond acceptors (Lipinski definition) is 4. The van der Waals surface area contributed by atoms with E-state index in [4.69, 9.17) is 4.74 Å². The Kier molecular flexibility index (Phi) is 5.78. The van der Waals surface area contributed by atoms with Crippen molar-refractivity contribution in [2.45, 2.75) is 64.3 Å². The molecule has 6 heteroatoms. The van der Waals surface area contributed by atoms with Crippen molar-refractivity contribution in [3.05, 3.63) is 52.8 Å². The lowest BCUT2D eigenvalue weighted by molar-refractivity contribution is -0.123. The van der Waals surface area contributed by atoms with Gasteiger partial charge < -0.3 is 10.1 Å². The SMILES string of the molecule is C[C@@H]1CN(Cc2ccc(CNC(=O)[C@@H]3CCCc4cn[nH]c43)cc2)C[C@@H](C)O1. The molecule has 4 rings (SSSR count). The van der Waals surface area contributed by atoms with Gasteiger partial charge in [-0.15, -0.1) is 0 Å². The Balaban J connectivity index is 1.30. The largest absolute Gasteiger partial charge is 0.373 e. The van der Waals surface area contributed by atoms with Crippen molar-refractivity contribution < 1.29 is 9.53 Å². The summed E-state index contributed by atoms with van der Waals surface area (Å²) in [5, 5.41) is 10.2. The van der Waals surface area contributed by atoms with Gasteiger partial charge in [-0.3, -0.25) is 14.8 Å². The highest BCUT2D eigenvalue weighted by molar-refractivity contribution is 5.83. The van der Waals surface area contributed by atoms with E-state index in [-0.39, 0.29) is 24.0 Å². The highest BCUT2D eigenvalue weighted by Gasteiger charge is 2.28. The number of hydrogen-bond donors (Lipinski definition) is 2. The fraction of sp³-hybridized carbons (Fsp3) is 0.545. The molecule has 28 heavy (non-hydrogen) atoms. The predicted molar refractivity (Wildman–Crippen MR) is 108 cm³/mol. The number of carbonyl (C=O) groups is 1. The van der Waals surface area contributed by atoms with E-state index in [1.807, 2.05) is 6.20 Å². The molecule has 1 aromatic heterocycles. The predicted octanol–water partition coefficient (Wildman–Crippen LogP) is 2.76. The molecule has 1 aliphatic heterocycles. The Morgan fingerprint density at radius 3 is 2.68 bits per heavy atom. The standard InChI is InChI=1S/C22H30N4O2/c1-15-12-26(13-16(2)28-15)14-18-8-6-17(7-9-18)10-23-22(27)20-5-3-4-19-11-24-25-21(19)20/h6-9,11,15-16,20H,3-5,10,12-14H2,1-2H3,(H,23,27)(H,24,25)/t15-,16-,20-/m1/s1. The van der Waals surface area contributed by atoms with E-state index >= 15 is 0 Å².